The third-order valence-electron chi connectivity index (χ3n) is 5.15. The predicted molar refractivity (Wildman–Crippen MR) is 113 cm³/mol. The lowest BCUT2D eigenvalue weighted by molar-refractivity contribution is -0.116. The number of benzene rings is 2. The molecule has 0 saturated carbocycles. The van der Waals surface area contributed by atoms with Gasteiger partial charge in [0.05, 0.1) is 11.0 Å². The van der Waals surface area contributed by atoms with Gasteiger partial charge in [-0.25, -0.2) is 0 Å². The second-order valence-corrected chi connectivity index (χ2v) is 7.25. The lowest BCUT2D eigenvalue weighted by atomic mass is 10.1. The van der Waals surface area contributed by atoms with Crippen molar-refractivity contribution in [1.29, 1.82) is 0 Å². The van der Waals surface area contributed by atoms with Gasteiger partial charge in [0.1, 0.15) is 12.4 Å². The van der Waals surface area contributed by atoms with Crippen LogP contribution in [0.15, 0.2) is 47.3 Å². The number of carbonyl (C=O) groups is 1. The lowest BCUT2D eigenvalue weighted by Crippen LogP contribution is -2.29. The molecule has 0 aliphatic rings. The Labute approximate surface area is 168 Å². The molecule has 2 heterocycles. The average Bonchev–Trinajstić information content (AvgIpc) is 3.12. The Morgan fingerprint density at radius 3 is 2.52 bits per heavy atom. The first kappa shape index (κ1) is 18.9. The summed E-state index contributed by atoms with van der Waals surface area (Å²) in [6, 6.07) is 13.3. The van der Waals surface area contributed by atoms with Crippen molar-refractivity contribution in [3.8, 4) is 0 Å². The molecule has 0 radical (unpaired) electrons. The standard InChI is InChI=1S/C22H23N5O2/c1-4-7-19-24-25-21-22(29)26(17-8-5-6-9-18(17)27(19)21)13-20(28)23-16-11-10-14(2)15(3)12-16/h5-6,8-12H,4,7,13H2,1-3H3,(H,23,28). The summed E-state index contributed by atoms with van der Waals surface area (Å²) >= 11 is 0. The quantitative estimate of drug-likeness (QED) is 0.568. The zero-order chi connectivity index (χ0) is 20.5. The Morgan fingerprint density at radius 1 is 1.03 bits per heavy atom. The number of carbonyl (C=O) groups excluding carboxylic acids is 1. The van der Waals surface area contributed by atoms with E-state index in [2.05, 4.69) is 22.4 Å². The Morgan fingerprint density at radius 2 is 1.79 bits per heavy atom. The Balaban J connectivity index is 1.76. The van der Waals surface area contributed by atoms with Gasteiger partial charge in [-0.3, -0.25) is 18.6 Å². The van der Waals surface area contributed by atoms with Gasteiger partial charge >= 0.3 is 0 Å². The van der Waals surface area contributed by atoms with Gasteiger partial charge in [0.2, 0.25) is 11.6 Å². The summed E-state index contributed by atoms with van der Waals surface area (Å²) in [5.74, 6) is 0.487. The molecule has 2 aromatic carbocycles. The first-order valence-electron chi connectivity index (χ1n) is 9.72. The van der Waals surface area contributed by atoms with E-state index in [1.165, 1.54) is 4.57 Å². The van der Waals surface area contributed by atoms with Crippen LogP contribution in [-0.4, -0.2) is 25.1 Å². The highest BCUT2D eigenvalue weighted by atomic mass is 16.2. The van der Waals surface area contributed by atoms with Gasteiger partial charge in [0.15, 0.2) is 0 Å². The van der Waals surface area contributed by atoms with Crippen molar-refractivity contribution < 1.29 is 4.79 Å². The van der Waals surface area contributed by atoms with Crippen LogP contribution in [-0.2, 0) is 17.8 Å². The highest BCUT2D eigenvalue weighted by Crippen LogP contribution is 2.17. The van der Waals surface area contributed by atoms with E-state index in [1.54, 1.807) is 4.40 Å². The monoisotopic (exact) mass is 389 g/mol. The number of fused-ring (bicyclic) bond motifs is 3. The first-order valence-corrected chi connectivity index (χ1v) is 9.72. The van der Waals surface area contributed by atoms with Gasteiger partial charge in [-0.2, -0.15) is 0 Å². The number of rotatable bonds is 5. The van der Waals surface area contributed by atoms with E-state index >= 15 is 0 Å². The molecule has 0 bridgehead atoms. The van der Waals surface area contributed by atoms with Crippen molar-refractivity contribution in [2.45, 2.75) is 40.2 Å². The molecule has 0 aliphatic carbocycles. The third-order valence-corrected chi connectivity index (χ3v) is 5.15. The van der Waals surface area contributed by atoms with Gasteiger partial charge in [0, 0.05) is 12.1 Å². The molecular formula is C22H23N5O2. The van der Waals surface area contributed by atoms with Gasteiger partial charge < -0.3 is 5.32 Å². The van der Waals surface area contributed by atoms with Crippen LogP contribution < -0.4 is 10.9 Å². The first-order chi connectivity index (χ1) is 14.0. The average molecular weight is 389 g/mol. The molecule has 0 unspecified atom stereocenters. The fraction of sp³-hybridized carbons (Fsp3) is 0.273. The number of aryl methyl sites for hydroxylation is 3. The summed E-state index contributed by atoms with van der Waals surface area (Å²) in [6.07, 6.45) is 1.62. The van der Waals surface area contributed by atoms with E-state index in [0.29, 0.717) is 11.2 Å². The van der Waals surface area contributed by atoms with E-state index in [1.807, 2.05) is 56.3 Å². The van der Waals surface area contributed by atoms with E-state index in [9.17, 15) is 9.59 Å². The van der Waals surface area contributed by atoms with Crippen molar-refractivity contribution in [3.63, 3.8) is 0 Å². The normalized spacial score (nSPS) is 11.3. The highest BCUT2D eigenvalue weighted by Gasteiger charge is 2.17. The molecule has 0 spiro atoms. The van der Waals surface area contributed by atoms with Crippen molar-refractivity contribution >= 4 is 28.3 Å². The van der Waals surface area contributed by atoms with Crippen LogP contribution in [0, 0.1) is 13.8 Å². The Bertz CT molecular complexity index is 1290. The minimum atomic E-state index is -0.325. The summed E-state index contributed by atoms with van der Waals surface area (Å²) in [5, 5.41) is 11.2. The highest BCUT2D eigenvalue weighted by molar-refractivity contribution is 5.92. The lowest BCUT2D eigenvalue weighted by Gasteiger charge is -2.13. The molecule has 0 aliphatic heterocycles. The molecular weight excluding hydrogens is 366 g/mol. The van der Waals surface area contributed by atoms with Crippen molar-refractivity contribution in [2.24, 2.45) is 0 Å². The number of nitrogens with one attached hydrogen (secondary N) is 1. The van der Waals surface area contributed by atoms with Crippen LogP contribution in [0.3, 0.4) is 0 Å². The fourth-order valence-corrected chi connectivity index (χ4v) is 3.53. The molecule has 148 valence electrons. The van der Waals surface area contributed by atoms with E-state index < -0.39 is 0 Å². The number of nitrogens with zero attached hydrogens (tertiary/aromatic N) is 4. The minimum Gasteiger partial charge on any atom is -0.325 e. The van der Waals surface area contributed by atoms with Crippen molar-refractivity contribution in [2.75, 3.05) is 5.32 Å². The van der Waals surface area contributed by atoms with Gasteiger partial charge in [-0.1, -0.05) is 25.1 Å². The fourth-order valence-electron chi connectivity index (χ4n) is 3.53. The largest absolute Gasteiger partial charge is 0.325 e. The second-order valence-electron chi connectivity index (χ2n) is 7.25. The molecule has 7 nitrogen and oxygen atoms in total. The second kappa shape index (κ2) is 7.50. The molecule has 0 saturated heterocycles. The molecule has 29 heavy (non-hydrogen) atoms. The SMILES string of the molecule is CCCc1nnc2c(=O)n(CC(=O)Nc3ccc(C)c(C)c3)c3ccccc3n12. The molecule has 2 aromatic heterocycles. The number of aromatic nitrogens is 4. The summed E-state index contributed by atoms with van der Waals surface area (Å²) in [7, 11) is 0. The van der Waals surface area contributed by atoms with Crippen molar-refractivity contribution in [1.82, 2.24) is 19.2 Å². The molecule has 7 heteroatoms. The summed E-state index contributed by atoms with van der Waals surface area (Å²) in [5.41, 5.74) is 4.38. The van der Waals surface area contributed by atoms with Gasteiger partial charge in [-0.15, -0.1) is 10.2 Å². The van der Waals surface area contributed by atoms with Gasteiger partial charge in [0.25, 0.3) is 5.56 Å². The van der Waals surface area contributed by atoms with Crippen LogP contribution in [0.25, 0.3) is 16.7 Å². The number of amides is 1. The molecule has 4 aromatic rings. The predicted octanol–water partition coefficient (Wildman–Crippen LogP) is 3.25. The summed E-state index contributed by atoms with van der Waals surface area (Å²) in [4.78, 5) is 25.8. The molecule has 1 N–H and O–H groups in total. The number of hydrogen-bond donors (Lipinski definition) is 1. The van der Waals surface area contributed by atoms with E-state index in [0.717, 1.165) is 35.3 Å². The van der Waals surface area contributed by atoms with Crippen LogP contribution >= 0.6 is 0 Å². The molecule has 0 atom stereocenters. The topological polar surface area (TPSA) is 81.3 Å². The maximum Gasteiger partial charge on any atom is 0.297 e. The van der Waals surface area contributed by atoms with E-state index in [4.69, 9.17) is 0 Å². The number of anilines is 1. The third kappa shape index (κ3) is 3.40. The molecule has 1 amide bonds. The van der Waals surface area contributed by atoms with Crippen molar-refractivity contribution in [3.05, 3.63) is 69.8 Å². The number of para-hydroxylation sites is 2. The molecule has 4 rings (SSSR count). The summed E-state index contributed by atoms with van der Waals surface area (Å²) in [6.45, 7) is 5.98. The Hall–Kier alpha value is -3.48. The van der Waals surface area contributed by atoms with Crippen LogP contribution in [0.4, 0.5) is 5.69 Å². The Kier molecular flexibility index (Phi) is 4.88. The summed E-state index contributed by atoms with van der Waals surface area (Å²) < 4.78 is 3.27. The maximum absolute atomic E-state index is 13.1. The molecule has 0 fully saturated rings. The number of hydrogen-bond acceptors (Lipinski definition) is 4. The van der Waals surface area contributed by atoms with Crippen LogP contribution in [0.2, 0.25) is 0 Å². The van der Waals surface area contributed by atoms with Gasteiger partial charge in [-0.05, 0) is 55.7 Å². The van der Waals surface area contributed by atoms with Crippen LogP contribution in [0.5, 0.6) is 0 Å². The minimum absolute atomic E-state index is 0.0985. The smallest absolute Gasteiger partial charge is 0.297 e. The van der Waals surface area contributed by atoms with E-state index in [-0.39, 0.29) is 23.7 Å². The maximum atomic E-state index is 13.1. The zero-order valence-electron chi connectivity index (χ0n) is 16.8. The van der Waals surface area contributed by atoms with Crippen LogP contribution in [0.1, 0.15) is 30.3 Å². The zero-order valence-corrected chi connectivity index (χ0v) is 16.8.